The lowest BCUT2D eigenvalue weighted by Gasteiger charge is -2.34. The van der Waals surface area contributed by atoms with Gasteiger partial charge in [-0.05, 0) is 19.1 Å². The Morgan fingerprint density at radius 2 is 2.31 bits per heavy atom. The zero-order valence-electron chi connectivity index (χ0n) is 7.88. The molecule has 0 spiro atoms. The van der Waals surface area contributed by atoms with Gasteiger partial charge in [0.1, 0.15) is 0 Å². The van der Waals surface area contributed by atoms with E-state index in [1.807, 2.05) is 18.3 Å². The molecule has 0 amide bonds. The van der Waals surface area contributed by atoms with Crippen LogP contribution in [0.1, 0.15) is 12.6 Å². The van der Waals surface area contributed by atoms with Crippen LogP contribution in [0.3, 0.4) is 0 Å². The summed E-state index contributed by atoms with van der Waals surface area (Å²) in [5, 5.41) is 6.86. The summed E-state index contributed by atoms with van der Waals surface area (Å²) in [5.74, 6) is 0. The van der Waals surface area contributed by atoms with Crippen LogP contribution in [-0.2, 0) is 5.54 Å². The summed E-state index contributed by atoms with van der Waals surface area (Å²) in [7, 11) is 0. The molecule has 0 aliphatic carbocycles. The lowest BCUT2D eigenvalue weighted by molar-refractivity contribution is 0.296. The van der Waals surface area contributed by atoms with Crippen molar-refractivity contribution in [3.63, 3.8) is 0 Å². The molecule has 1 aromatic rings. The summed E-state index contributed by atoms with van der Waals surface area (Å²) in [6, 6.07) is 6.05. The van der Waals surface area contributed by atoms with Crippen LogP contribution >= 0.6 is 0 Å². The maximum Gasteiger partial charge on any atom is 0.0706 e. The van der Waals surface area contributed by atoms with Gasteiger partial charge in [0.25, 0.3) is 0 Å². The molecule has 0 saturated carbocycles. The monoisotopic (exact) mass is 177 g/mol. The molecule has 1 aromatic heterocycles. The standard InChI is InChI=1S/C10H15N3/c1-10(8-11-6-7-13-10)9-4-2-3-5-12-9/h2-5,11,13H,6-8H2,1H3. The second-order valence-corrected chi connectivity index (χ2v) is 3.65. The topological polar surface area (TPSA) is 37.0 Å². The number of rotatable bonds is 1. The number of nitrogens with zero attached hydrogens (tertiary/aromatic N) is 1. The highest BCUT2D eigenvalue weighted by Gasteiger charge is 2.28. The third-order valence-electron chi connectivity index (χ3n) is 2.53. The fraction of sp³-hybridized carbons (Fsp3) is 0.500. The van der Waals surface area contributed by atoms with Gasteiger partial charge in [0, 0.05) is 25.8 Å². The van der Waals surface area contributed by atoms with Crippen LogP contribution in [0.15, 0.2) is 24.4 Å². The highest BCUT2D eigenvalue weighted by molar-refractivity contribution is 5.16. The first-order valence-corrected chi connectivity index (χ1v) is 4.68. The third kappa shape index (κ3) is 1.71. The summed E-state index contributed by atoms with van der Waals surface area (Å²) in [6.07, 6.45) is 1.84. The summed E-state index contributed by atoms with van der Waals surface area (Å²) in [4.78, 5) is 4.37. The maximum absolute atomic E-state index is 4.37. The minimum atomic E-state index is -0.000486. The van der Waals surface area contributed by atoms with Crippen LogP contribution in [0.2, 0.25) is 0 Å². The normalized spacial score (nSPS) is 28.7. The number of piperazine rings is 1. The molecule has 3 heteroatoms. The molecule has 1 aliphatic rings. The van der Waals surface area contributed by atoms with Crippen molar-refractivity contribution >= 4 is 0 Å². The van der Waals surface area contributed by atoms with E-state index in [0.717, 1.165) is 25.3 Å². The Balaban J connectivity index is 2.23. The van der Waals surface area contributed by atoms with Gasteiger partial charge in [-0.3, -0.25) is 4.98 Å². The summed E-state index contributed by atoms with van der Waals surface area (Å²) < 4.78 is 0. The van der Waals surface area contributed by atoms with E-state index < -0.39 is 0 Å². The molecular formula is C10H15N3. The van der Waals surface area contributed by atoms with Crippen LogP contribution < -0.4 is 10.6 Å². The zero-order chi connectivity index (χ0) is 9.15. The van der Waals surface area contributed by atoms with Gasteiger partial charge in [0.05, 0.1) is 11.2 Å². The average molecular weight is 177 g/mol. The molecule has 0 aromatic carbocycles. The van der Waals surface area contributed by atoms with Gasteiger partial charge in [0.2, 0.25) is 0 Å². The molecule has 0 bridgehead atoms. The molecule has 1 saturated heterocycles. The zero-order valence-corrected chi connectivity index (χ0v) is 7.88. The van der Waals surface area contributed by atoms with E-state index in [-0.39, 0.29) is 5.54 Å². The van der Waals surface area contributed by atoms with Crippen molar-refractivity contribution in [2.24, 2.45) is 0 Å². The van der Waals surface area contributed by atoms with Crippen LogP contribution in [0.5, 0.6) is 0 Å². The molecular weight excluding hydrogens is 162 g/mol. The van der Waals surface area contributed by atoms with E-state index in [1.54, 1.807) is 0 Å². The highest BCUT2D eigenvalue weighted by Crippen LogP contribution is 2.18. The Hall–Kier alpha value is -0.930. The SMILES string of the molecule is CC1(c2ccccn2)CNCCN1. The fourth-order valence-electron chi connectivity index (χ4n) is 1.70. The first-order chi connectivity index (χ1) is 6.31. The van der Waals surface area contributed by atoms with Gasteiger partial charge in [-0.25, -0.2) is 0 Å². The minimum absolute atomic E-state index is 0.000486. The molecule has 3 nitrogen and oxygen atoms in total. The Morgan fingerprint density at radius 1 is 1.38 bits per heavy atom. The van der Waals surface area contributed by atoms with Gasteiger partial charge in [0.15, 0.2) is 0 Å². The molecule has 2 N–H and O–H groups in total. The van der Waals surface area contributed by atoms with Crippen molar-refractivity contribution in [3.05, 3.63) is 30.1 Å². The van der Waals surface area contributed by atoms with Crippen molar-refractivity contribution in [2.75, 3.05) is 19.6 Å². The molecule has 2 heterocycles. The van der Waals surface area contributed by atoms with E-state index in [1.165, 1.54) is 0 Å². The number of pyridine rings is 1. The fourth-order valence-corrected chi connectivity index (χ4v) is 1.70. The van der Waals surface area contributed by atoms with Crippen molar-refractivity contribution in [1.29, 1.82) is 0 Å². The summed E-state index contributed by atoms with van der Waals surface area (Å²) >= 11 is 0. The van der Waals surface area contributed by atoms with E-state index >= 15 is 0 Å². The maximum atomic E-state index is 4.37. The Morgan fingerprint density at radius 3 is 2.92 bits per heavy atom. The van der Waals surface area contributed by atoms with E-state index in [9.17, 15) is 0 Å². The van der Waals surface area contributed by atoms with Crippen molar-refractivity contribution in [3.8, 4) is 0 Å². The lowest BCUT2D eigenvalue weighted by atomic mass is 9.95. The predicted molar refractivity (Wildman–Crippen MR) is 52.5 cm³/mol. The second-order valence-electron chi connectivity index (χ2n) is 3.65. The quantitative estimate of drug-likeness (QED) is 0.655. The van der Waals surface area contributed by atoms with Gasteiger partial charge < -0.3 is 10.6 Å². The molecule has 2 rings (SSSR count). The van der Waals surface area contributed by atoms with E-state index in [4.69, 9.17) is 0 Å². The Bertz CT molecular complexity index is 265. The van der Waals surface area contributed by atoms with Crippen molar-refractivity contribution in [2.45, 2.75) is 12.5 Å². The third-order valence-corrected chi connectivity index (χ3v) is 2.53. The number of hydrogen-bond acceptors (Lipinski definition) is 3. The second kappa shape index (κ2) is 3.44. The lowest BCUT2D eigenvalue weighted by Crippen LogP contribution is -2.55. The van der Waals surface area contributed by atoms with Gasteiger partial charge in [-0.2, -0.15) is 0 Å². The molecule has 1 fully saturated rings. The molecule has 13 heavy (non-hydrogen) atoms. The number of nitrogens with one attached hydrogen (secondary N) is 2. The van der Waals surface area contributed by atoms with Crippen molar-refractivity contribution in [1.82, 2.24) is 15.6 Å². The Labute approximate surface area is 78.6 Å². The molecule has 1 aliphatic heterocycles. The summed E-state index contributed by atoms with van der Waals surface area (Å²) in [5.41, 5.74) is 1.11. The molecule has 70 valence electrons. The first-order valence-electron chi connectivity index (χ1n) is 4.68. The number of hydrogen-bond donors (Lipinski definition) is 2. The average Bonchev–Trinajstić information content (AvgIpc) is 2.20. The molecule has 1 atom stereocenters. The first kappa shape index (κ1) is 8.66. The minimum Gasteiger partial charge on any atom is -0.313 e. The van der Waals surface area contributed by atoms with Gasteiger partial charge in [-0.1, -0.05) is 6.07 Å². The highest BCUT2D eigenvalue weighted by atomic mass is 15.1. The van der Waals surface area contributed by atoms with E-state index in [0.29, 0.717) is 0 Å². The largest absolute Gasteiger partial charge is 0.313 e. The van der Waals surface area contributed by atoms with Crippen molar-refractivity contribution < 1.29 is 0 Å². The van der Waals surface area contributed by atoms with E-state index in [2.05, 4.69) is 28.6 Å². The van der Waals surface area contributed by atoms with Gasteiger partial charge >= 0.3 is 0 Å². The summed E-state index contributed by atoms with van der Waals surface area (Å²) in [6.45, 7) is 5.18. The smallest absolute Gasteiger partial charge is 0.0706 e. The van der Waals surface area contributed by atoms with Crippen LogP contribution in [-0.4, -0.2) is 24.6 Å². The van der Waals surface area contributed by atoms with Crippen LogP contribution in [0.4, 0.5) is 0 Å². The van der Waals surface area contributed by atoms with Gasteiger partial charge in [-0.15, -0.1) is 0 Å². The van der Waals surface area contributed by atoms with Crippen LogP contribution in [0.25, 0.3) is 0 Å². The Kier molecular flexibility index (Phi) is 2.29. The van der Waals surface area contributed by atoms with Crippen LogP contribution in [0, 0.1) is 0 Å². The number of aromatic nitrogens is 1. The molecule has 0 radical (unpaired) electrons. The predicted octanol–water partition coefficient (Wildman–Crippen LogP) is 0.490. The molecule has 1 unspecified atom stereocenters.